The Labute approximate surface area is 187 Å². The minimum absolute atomic E-state index is 0.0494. The number of carbonyl (C=O) groups is 1. The van der Waals surface area contributed by atoms with Crippen molar-refractivity contribution in [1.82, 2.24) is 4.72 Å². The van der Waals surface area contributed by atoms with Gasteiger partial charge in [0.05, 0.1) is 11.5 Å². The number of amides is 1. The van der Waals surface area contributed by atoms with Crippen molar-refractivity contribution in [1.29, 1.82) is 0 Å². The van der Waals surface area contributed by atoms with E-state index in [1.807, 2.05) is 37.3 Å². The van der Waals surface area contributed by atoms with Gasteiger partial charge in [-0.05, 0) is 67.4 Å². The van der Waals surface area contributed by atoms with Crippen molar-refractivity contribution in [2.24, 2.45) is 0 Å². The van der Waals surface area contributed by atoms with Gasteiger partial charge in [0.2, 0.25) is 15.9 Å². The molecule has 0 heterocycles. The molecule has 3 aromatic carbocycles. The lowest BCUT2D eigenvalue weighted by molar-refractivity contribution is -0.117. The van der Waals surface area contributed by atoms with Crippen LogP contribution in [-0.4, -0.2) is 27.0 Å². The molecular weight excluding hydrogens is 436 g/mol. The first kappa shape index (κ1) is 22.8. The van der Waals surface area contributed by atoms with E-state index in [4.69, 9.17) is 16.3 Å². The molecule has 0 saturated carbocycles. The van der Waals surface area contributed by atoms with Crippen molar-refractivity contribution in [2.75, 3.05) is 11.9 Å². The highest BCUT2D eigenvalue weighted by molar-refractivity contribution is 7.89. The van der Waals surface area contributed by atoms with Gasteiger partial charge in [-0.1, -0.05) is 41.9 Å². The second-order valence-corrected chi connectivity index (χ2v) is 8.91. The van der Waals surface area contributed by atoms with Crippen molar-refractivity contribution in [2.45, 2.75) is 24.3 Å². The molecule has 162 valence electrons. The molecule has 0 radical (unpaired) electrons. The summed E-state index contributed by atoms with van der Waals surface area (Å²) in [5.74, 6) is 0.100. The number of ether oxygens (including phenoxy) is 1. The molecule has 0 saturated heterocycles. The molecule has 2 N–H and O–H groups in total. The van der Waals surface area contributed by atoms with Gasteiger partial charge in [0, 0.05) is 10.7 Å². The molecule has 0 fully saturated rings. The normalized spacial score (nSPS) is 12.2. The summed E-state index contributed by atoms with van der Waals surface area (Å²) in [6, 6.07) is 20.9. The highest BCUT2D eigenvalue weighted by Crippen LogP contribution is 2.18. The van der Waals surface area contributed by atoms with Gasteiger partial charge in [-0.15, -0.1) is 0 Å². The van der Waals surface area contributed by atoms with Gasteiger partial charge in [0.15, 0.2) is 0 Å². The fourth-order valence-corrected chi connectivity index (χ4v) is 4.26. The zero-order chi connectivity index (χ0) is 22.3. The van der Waals surface area contributed by atoms with Crippen molar-refractivity contribution in [3.05, 3.63) is 89.4 Å². The number of hydrogen-bond donors (Lipinski definition) is 2. The van der Waals surface area contributed by atoms with E-state index in [0.717, 1.165) is 5.56 Å². The Morgan fingerprint density at radius 2 is 1.61 bits per heavy atom. The lowest BCUT2D eigenvalue weighted by atomic mass is 10.1. The van der Waals surface area contributed by atoms with Crippen LogP contribution < -0.4 is 14.8 Å². The van der Waals surface area contributed by atoms with Crippen molar-refractivity contribution >= 4 is 33.2 Å². The lowest BCUT2D eigenvalue weighted by Crippen LogP contribution is -2.45. The van der Waals surface area contributed by atoms with Crippen molar-refractivity contribution in [3.8, 4) is 5.75 Å². The first-order valence-electron chi connectivity index (χ1n) is 9.73. The SMILES string of the molecule is CCOc1ccc(S(=O)(=O)N[C@@H](Cc2ccccc2)C(=O)Nc2ccc(Cl)cc2)cc1. The predicted octanol–water partition coefficient (Wildman–Crippen LogP) is 4.27. The van der Waals surface area contributed by atoms with E-state index in [-0.39, 0.29) is 11.3 Å². The Bertz CT molecular complexity index is 1100. The van der Waals surface area contributed by atoms with Crippen LogP contribution in [0.25, 0.3) is 0 Å². The summed E-state index contributed by atoms with van der Waals surface area (Å²) in [5.41, 5.74) is 1.35. The minimum Gasteiger partial charge on any atom is -0.494 e. The van der Waals surface area contributed by atoms with Gasteiger partial charge >= 0.3 is 0 Å². The van der Waals surface area contributed by atoms with Gasteiger partial charge in [0.1, 0.15) is 11.8 Å². The predicted molar refractivity (Wildman–Crippen MR) is 122 cm³/mol. The molecule has 0 aliphatic heterocycles. The molecule has 0 aromatic heterocycles. The monoisotopic (exact) mass is 458 g/mol. The molecule has 0 aliphatic carbocycles. The topological polar surface area (TPSA) is 84.5 Å². The van der Waals surface area contributed by atoms with E-state index in [0.29, 0.717) is 23.1 Å². The van der Waals surface area contributed by atoms with E-state index in [1.165, 1.54) is 12.1 Å². The molecule has 0 bridgehead atoms. The number of carbonyl (C=O) groups excluding carboxylic acids is 1. The van der Waals surface area contributed by atoms with Gasteiger partial charge in [-0.2, -0.15) is 4.72 Å². The number of benzene rings is 3. The molecule has 0 spiro atoms. The van der Waals surface area contributed by atoms with Crippen LogP contribution in [0.2, 0.25) is 5.02 Å². The molecule has 1 amide bonds. The third-order valence-corrected chi connectivity index (χ3v) is 6.19. The largest absolute Gasteiger partial charge is 0.494 e. The molecule has 0 aliphatic rings. The number of sulfonamides is 1. The zero-order valence-electron chi connectivity index (χ0n) is 16.9. The number of rotatable bonds is 9. The van der Waals surface area contributed by atoms with Crippen LogP contribution in [0.5, 0.6) is 5.75 Å². The fourth-order valence-electron chi connectivity index (χ4n) is 2.94. The first-order valence-corrected chi connectivity index (χ1v) is 11.6. The number of anilines is 1. The third kappa shape index (κ3) is 6.55. The van der Waals surface area contributed by atoms with Gasteiger partial charge in [-0.25, -0.2) is 8.42 Å². The summed E-state index contributed by atoms with van der Waals surface area (Å²) in [6.07, 6.45) is 0.191. The fraction of sp³-hybridized carbons (Fsp3) is 0.174. The van der Waals surface area contributed by atoms with Crippen LogP contribution in [-0.2, 0) is 21.2 Å². The number of halogens is 1. The Hall–Kier alpha value is -2.87. The van der Waals surface area contributed by atoms with Crippen LogP contribution >= 0.6 is 11.6 Å². The highest BCUT2D eigenvalue weighted by atomic mass is 35.5. The second-order valence-electron chi connectivity index (χ2n) is 6.76. The number of nitrogens with one attached hydrogen (secondary N) is 2. The van der Waals surface area contributed by atoms with Crippen LogP contribution in [0.3, 0.4) is 0 Å². The van der Waals surface area contributed by atoms with E-state index in [1.54, 1.807) is 36.4 Å². The van der Waals surface area contributed by atoms with Gasteiger partial charge in [-0.3, -0.25) is 4.79 Å². The molecule has 0 unspecified atom stereocenters. The van der Waals surface area contributed by atoms with Crippen LogP contribution in [0.1, 0.15) is 12.5 Å². The Balaban J connectivity index is 1.82. The summed E-state index contributed by atoms with van der Waals surface area (Å²) in [4.78, 5) is 13.0. The smallest absolute Gasteiger partial charge is 0.242 e. The lowest BCUT2D eigenvalue weighted by Gasteiger charge is -2.19. The average Bonchev–Trinajstić information content (AvgIpc) is 2.76. The average molecular weight is 459 g/mol. The van der Waals surface area contributed by atoms with E-state index in [2.05, 4.69) is 10.0 Å². The summed E-state index contributed by atoms with van der Waals surface area (Å²) in [7, 11) is -3.94. The summed E-state index contributed by atoms with van der Waals surface area (Å²) >= 11 is 5.89. The molecule has 8 heteroatoms. The third-order valence-electron chi connectivity index (χ3n) is 4.45. The highest BCUT2D eigenvalue weighted by Gasteiger charge is 2.26. The van der Waals surface area contributed by atoms with Crippen LogP contribution in [0.4, 0.5) is 5.69 Å². The number of hydrogen-bond acceptors (Lipinski definition) is 4. The van der Waals surface area contributed by atoms with Crippen molar-refractivity contribution in [3.63, 3.8) is 0 Å². The van der Waals surface area contributed by atoms with Crippen LogP contribution in [0.15, 0.2) is 83.8 Å². The quantitative estimate of drug-likeness (QED) is 0.501. The summed E-state index contributed by atoms with van der Waals surface area (Å²) < 4.78 is 33.8. The summed E-state index contributed by atoms with van der Waals surface area (Å²) in [5, 5.41) is 3.28. The van der Waals surface area contributed by atoms with Crippen molar-refractivity contribution < 1.29 is 17.9 Å². The Morgan fingerprint density at radius 3 is 2.23 bits per heavy atom. The van der Waals surface area contributed by atoms with E-state index in [9.17, 15) is 13.2 Å². The molecule has 6 nitrogen and oxygen atoms in total. The maximum atomic E-state index is 13.0. The second kappa shape index (κ2) is 10.4. The van der Waals surface area contributed by atoms with E-state index < -0.39 is 22.0 Å². The maximum absolute atomic E-state index is 13.0. The van der Waals surface area contributed by atoms with Crippen LogP contribution in [0, 0.1) is 0 Å². The zero-order valence-corrected chi connectivity index (χ0v) is 18.5. The van der Waals surface area contributed by atoms with E-state index >= 15 is 0 Å². The summed E-state index contributed by atoms with van der Waals surface area (Å²) in [6.45, 7) is 2.33. The maximum Gasteiger partial charge on any atom is 0.242 e. The first-order chi connectivity index (χ1) is 14.9. The Kier molecular flexibility index (Phi) is 7.68. The minimum atomic E-state index is -3.94. The molecule has 3 aromatic rings. The molecular formula is C23H23ClN2O4S. The van der Waals surface area contributed by atoms with Gasteiger partial charge < -0.3 is 10.1 Å². The molecule has 31 heavy (non-hydrogen) atoms. The molecule has 1 atom stereocenters. The Morgan fingerprint density at radius 1 is 0.968 bits per heavy atom. The van der Waals surface area contributed by atoms with Gasteiger partial charge in [0.25, 0.3) is 0 Å². The standard InChI is InChI=1S/C23H23ClN2O4S/c1-2-30-20-12-14-21(15-13-20)31(28,29)26-22(16-17-6-4-3-5-7-17)23(27)25-19-10-8-18(24)9-11-19/h3-15,22,26H,2,16H2,1H3,(H,25,27)/t22-/m0/s1. The molecule has 3 rings (SSSR count).